The molecule has 0 aliphatic heterocycles. The van der Waals surface area contributed by atoms with Gasteiger partial charge in [-0.25, -0.2) is 0 Å². The maximum absolute atomic E-state index is 11.5. The molecule has 1 aliphatic carbocycles. The van der Waals surface area contributed by atoms with Gasteiger partial charge in [0.15, 0.2) is 5.78 Å². The van der Waals surface area contributed by atoms with Crippen LogP contribution >= 0.6 is 0 Å². The number of phenols is 1. The van der Waals surface area contributed by atoms with Gasteiger partial charge in [-0.15, -0.1) is 0 Å². The van der Waals surface area contributed by atoms with E-state index in [1.165, 1.54) is 18.2 Å². The third-order valence-corrected chi connectivity index (χ3v) is 2.56. The van der Waals surface area contributed by atoms with E-state index in [1.54, 1.807) is 0 Å². The molecule has 0 aromatic heterocycles. The van der Waals surface area contributed by atoms with E-state index in [-0.39, 0.29) is 16.9 Å². The monoisotopic (exact) mass is 210 g/mol. The fraction of sp³-hybridized carbons (Fsp3) is 0.300. The highest BCUT2D eigenvalue weighted by molar-refractivity contribution is 6.04. The molecule has 1 aliphatic rings. The Labute approximate surface area is 85.2 Å². The van der Waals surface area contributed by atoms with Gasteiger partial charge in [0.05, 0.1) is 5.56 Å². The Hall–Kier alpha value is -1.43. The van der Waals surface area contributed by atoms with E-state index in [1.807, 2.05) is 0 Å². The van der Waals surface area contributed by atoms with Crippen molar-refractivity contribution < 1.29 is 25.2 Å². The van der Waals surface area contributed by atoms with Crippen LogP contribution in [0.1, 0.15) is 22.0 Å². The van der Waals surface area contributed by atoms with Crippen LogP contribution in [0.5, 0.6) is 5.75 Å². The normalized spacial score (nSPS) is 30.1. The first-order chi connectivity index (χ1) is 7.04. The van der Waals surface area contributed by atoms with Crippen molar-refractivity contribution in [3.05, 3.63) is 29.3 Å². The Bertz CT molecular complexity index is 414. The van der Waals surface area contributed by atoms with Crippen LogP contribution in [-0.4, -0.2) is 38.4 Å². The number of hydrogen-bond acceptors (Lipinski definition) is 5. The number of rotatable bonds is 0. The van der Waals surface area contributed by atoms with Crippen LogP contribution < -0.4 is 0 Å². The zero-order valence-corrected chi connectivity index (χ0v) is 7.66. The summed E-state index contributed by atoms with van der Waals surface area (Å²) in [5, 5.41) is 37.7. The van der Waals surface area contributed by atoms with Crippen LogP contribution in [0.15, 0.2) is 18.2 Å². The number of aliphatic hydroxyl groups is 3. The van der Waals surface area contributed by atoms with Gasteiger partial charge in [0.25, 0.3) is 0 Å². The minimum Gasteiger partial charge on any atom is -0.507 e. The summed E-state index contributed by atoms with van der Waals surface area (Å²) in [7, 11) is 0. The number of fused-ring (bicyclic) bond motifs is 1. The number of aliphatic hydroxyl groups excluding tert-OH is 3. The van der Waals surface area contributed by atoms with Crippen molar-refractivity contribution in [2.24, 2.45) is 0 Å². The van der Waals surface area contributed by atoms with E-state index < -0.39 is 24.1 Å². The first kappa shape index (κ1) is 10.1. The quantitative estimate of drug-likeness (QED) is 0.456. The highest BCUT2D eigenvalue weighted by Crippen LogP contribution is 2.34. The number of phenolic OH excluding ortho intramolecular Hbond substituents is 1. The van der Waals surface area contributed by atoms with E-state index in [9.17, 15) is 25.2 Å². The topological polar surface area (TPSA) is 98.0 Å². The number of Topliss-reactive ketones (excluding diaryl/α,β-unsaturated/α-hetero) is 1. The molecule has 0 saturated carbocycles. The molecule has 5 heteroatoms. The second-order valence-electron chi connectivity index (χ2n) is 3.49. The predicted octanol–water partition coefficient (Wildman–Crippen LogP) is -0.656. The van der Waals surface area contributed by atoms with Gasteiger partial charge in [0.1, 0.15) is 24.1 Å². The zero-order chi connectivity index (χ0) is 11.2. The number of hydrogen-bond donors (Lipinski definition) is 4. The Morgan fingerprint density at radius 1 is 1.07 bits per heavy atom. The molecule has 0 radical (unpaired) electrons. The van der Waals surface area contributed by atoms with Gasteiger partial charge < -0.3 is 20.4 Å². The molecule has 0 saturated heterocycles. The van der Waals surface area contributed by atoms with E-state index in [4.69, 9.17) is 0 Å². The maximum atomic E-state index is 11.5. The second kappa shape index (κ2) is 3.30. The average molecular weight is 210 g/mol. The molecule has 3 atom stereocenters. The Morgan fingerprint density at radius 2 is 1.73 bits per heavy atom. The van der Waals surface area contributed by atoms with Gasteiger partial charge in [-0.2, -0.15) is 0 Å². The molecule has 1 aromatic rings. The van der Waals surface area contributed by atoms with E-state index in [2.05, 4.69) is 0 Å². The minimum atomic E-state index is -1.69. The van der Waals surface area contributed by atoms with E-state index >= 15 is 0 Å². The fourth-order valence-electron chi connectivity index (χ4n) is 1.73. The van der Waals surface area contributed by atoms with Gasteiger partial charge in [0, 0.05) is 0 Å². The molecular formula is C10H10O5. The molecule has 15 heavy (non-hydrogen) atoms. The van der Waals surface area contributed by atoms with Crippen LogP contribution in [0.3, 0.4) is 0 Å². The van der Waals surface area contributed by atoms with Crippen molar-refractivity contribution in [3.8, 4) is 5.75 Å². The van der Waals surface area contributed by atoms with Crippen molar-refractivity contribution in [1.82, 2.24) is 0 Å². The molecule has 0 amide bonds. The lowest BCUT2D eigenvalue weighted by Crippen LogP contribution is -2.43. The summed E-state index contributed by atoms with van der Waals surface area (Å²) in [6.45, 7) is 0. The van der Waals surface area contributed by atoms with Crippen molar-refractivity contribution in [3.63, 3.8) is 0 Å². The lowest BCUT2D eigenvalue weighted by molar-refractivity contribution is -0.0544. The summed E-state index contributed by atoms with van der Waals surface area (Å²) in [6, 6.07) is 4.16. The predicted molar refractivity (Wildman–Crippen MR) is 49.4 cm³/mol. The van der Waals surface area contributed by atoms with Crippen LogP contribution in [0.2, 0.25) is 0 Å². The molecule has 0 fully saturated rings. The molecule has 0 heterocycles. The summed E-state index contributed by atoms with van der Waals surface area (Å²) in [6.07, 6.45) is -4.60. The molecule has 4 N–H and O–H groups in total. The fourth-order valence-corrected chi connectivity index (χ4v) is 1.73. The molecule has 80 valence electrons. The molecular weight excluding hydrogens is 200 g/mol. The smallest absolute Gasteiger partial charge is 0.198 e. The number of carbonyl (C=O) groups excluding carboxylic acids is 1. The molecule has 0 spiro atoms. The Balaban J connectivity index is 2.64. The van der Waals surface area contributed by atoms with E-state index in [0.717, 1.165) is 0 Å². The average Bonchev–Trinajstić information content (AvgIpc) is 2.23. The molecule has 0 unspecified atom stereocenters. The zero-order valence-electron chi connectivity index (χ0n) is 7.66. The van der Waals surface area contributed by atoms with Crippen molar-refractivity contribution in [2.45, 2.75) is 18.3 Å². The summed E-state index contributed by atoms with van der Waals surface area (Å²) in [5.74, 6) is -1.08. The number of carbonyl (C=O) groups is 1. The highest BCUT2D eigenvalue weighted by Gasteiger charge is 2.40. The second-order valence-corrected chi connectivity index (χ2v) is 3.49. The van der Waals surface area contributed by atoms with Gasteiger partial charge in [-0.3, -0.25) is 4.79 Å². The Kier molecular flexibility index (Phi) is 2.22. The molecule has 0 bridgehead atoms. The van der Waals surface area contributed by atoms with Crippen molar-refractivity contribution >= 4 is 5.78 Å². The van der Waals surface area contributed by atoms with E-state index in [0.29, 0.717) is 0 Å². The number of ketones is 1. The standard InChI is InChI=1S/C10H10O5/c11-5-3-1-2-4-6(5)8(13)10(15)9(14)7(4)12/h1-3,7,9-12,14-15H/t7-,9-,10-/m0/s1. The first-order valence-corrected chi connectivity index (χ1v) is 4.44. The van der Waals surface area contributed by atoms with Gasteiger partial charge in [-0.1, -0.05) is 12.1 Å². The third-order valence-electron chi connectivity index (χ3n) is 2.56. The van der Waals surface area contributed by atoms with Gasteiger partial charge >= 0.3 is 0 Å². The first-order valence-electron chi connectivity index (χ1n) is 4.44. The molecule has 1 aromatic carbocycles. The van der Waals surface area contributed by atoms with Crippen LogP contribution in [-0.2, 0) is 0 Å². The number of aromatic hydroxyl groups is 1. The number of benzene rings is 1. The summed E-state index contributed by atoms with van der Waals surface area (Å²) in [4.78, 5) is 11.5. The minimum absolute atomic E-state index is 0.122. The van der Waals surface area contributed by atoms with Gasteiger partial charge in [0.2, 0.25) is 0 Å². The molecule has 5 nitrogen and oxygen atoms in total. The highest BCUT2D eigenvalue weighted by atomic mass is 16.4. The van der Waals surface area contributed by atoms with Crippen molar-refractivity contribution in [1.29, 1.82) is 0 Å². The van der Waals surface area contributed by atoms with Crippen LogP contribution in [0, 0.1) is 0 Å². The van der Waals surface area contributed by atoms with Crippen LogP contribution in [0.4, 0.5) is 0 Å². The maximum Gasteiger partial charge on any atom is 0.198 e. The van der Waals surface area contributed by atoms with Crippen LogP contribution in [0.25, 0.3) is 0 Å². The Morgan fingerprint density at radius 3 is 2.40 bits per heavy atom. The summed E-state index contributed by atoms with van der Waals surface area (Å²) in [5.41, 5.74) is 0.0144. The SMILES string of the molecule is O=C1c2c(O)cccc2[C@H](O)[C@H](O)[C@H]1O. The third kappa shape index (κ3) is 1.32. The van der Waals surface area contributed by atoms with Crippen molar-refractivity contribution in [2.75, 3.05) is 0 Å². The summed E-state index contributed by atoms with van der Waals surface area (Å²) >= 11 is 0. The lowest BCUT2D eigenvalue weighted by atomic mass is 9.84. The lowest BCUT2D eigenvalue weighted by Gasteiger charge is -2.29. The molecule has 2 rings (SSSR count). The summed E-state index contributed by atoms with van der Waals surface area (Å²) < 4.78 is 0. The van der Waals surface area contributed by atoms with Gasteiger partial charge in [-0.05, 0) is 11.6 Å². The largest absolute Gasteiger partial charge is 0.507 e.